The summed E-state index contributed by atoms with van der Waals surface area (Å²) in [6.45, 7) is 8.41. The quantitative estimate of drug-likeness (QED) is 0.615. The monoisotopic (exact) mass is 202 g/mol. The van der Waals surface area contributed by atoms with Crippen molar-refractivity contribution in [2.24, 2.45) is 5.73 Å². The number of hydrogen-bond donors (Lipinski definition) is 1. The highest BCUT2D eigenvalue weighted by Gasteiger charge is 2.17. The van der Waals surface area contributed by atoms with E-state index in [-0.39, 0.29) is 11.9 Å². The van der Waals surface area contributed by atoms with Crippen LogP contribution in [0.5, 0.6) is 0 Å². The Morgan fingerprint density at radius 3 is 2.50 bits per heavy atom. The van der Waals surface area contributed by atoms with E-state index in [4.69, 9.17) is 10.5 Å². The molecule has 1 amide bonds. The van der Waals surface area contributed by atoms with Gasteiger partial charge in [-0.05, 0) is 20.3 Å². The van der Waals surface area contributed by atoms with Crippen LogP contribution in [-0.2, 0) is 9.53 Å². The fourth-order valence-electron chi connectivity index (χ4n) is 1.15. The second-order valence-electron chi connectivity index (χ2n) is 3.13. The molecule has 0 unspecified atom stereocenters. The number of hydrogen-bond acceptors (Lipinski definition) is 3. The number of amides is 1. The Morgan fingerprint density at radius 1 is 1.43 bits per heavy atom. The van der Waals surface area contributed by atoms with Crippen molar-refractivity contribution in [3.63, 3.8) is 0 Å². The van der Waals surface area contributed by atoms with E-state index in [0.717, 1.165) is 0 Å². The van der Waals surface area contributed by atoms with Crippen molar-refractivity contribution in [3.8, 4) is 0 Å². The number of carbonyl (C=O) groups is 1. The average Bonchev–Trinajstić information content (AvgIpc) is 2.22. The van der Waals surface area contributed by atoms with Gasteiger partial charge in [-0.15, -0.1) is 0 Å². The van der Waals surface area contributed by atoms with E-state index in [1.54, 1.807) is 4.90 Å². The van der Waals surface area contributed by atoms with Crippen molar-refractivity contribution in [2.45, 2.75) is 33.2 Å². The maximum atomic E-state index is 11.6. The topological polar surface area (TPSA) is 55.6 Å². The number of likely N-dealkylation sites (N-methyl/N-ethyl adjacent to an activating group) is 1. The summed E-state index contributed by atoms with van der Waals surface area (Å²) in [5.41, 5.74) is 5.67. The third-order valence-electron chi connectivity index (χ3n) is 2.16. The van der Waals surface area contributed by atoms with E-state index >= 15 is 0 Å². The smallest absolute Gasteiger partial charge is 0.239 e. The molecule has 0 rings (SSSR count). The molecule has 0 fully saturated rings. The molecule has 0 spiro atoms. The van der Waals surface area contributed by atoms with Crippen LogP contribution in [0.1, 0.15) is 27.2 Å². The van der Waals surface area contributed by atoms with Crippen LogP contribution in [0, 0.1) is 0 Å². The maximum absolute atomic E-state index is 11.6. The molecule has 84 valence electrons. The van der Waals surface area contributed by atoms with Crippen LogP contribution in [0.4, 0.5) is 0 Å². The molecule has 1 atom stereocenters. The van der Waals surface area contributed by atoms with Gasteiger partial charge >= 0.3 is 0 Å². The molecular formula is C10H22N2O2. The predicted molar refractivity (Wildman–Crippen MR) is 57.0 cm³/mol. The van der Waals surface area contributed by atoms with E-state index in [0.29, 0.717) is 32.7 Å². The van der Waals surface area contributed by atoms with Crippen LogP contribution in [-0.4, -0.2) is 43.2 Å². The first-order valence-corrected chi connectivity index (χ1v) is 5.29. The summed E-state index contributed by atoms with van der Waals surface area (Å²) in [5, 5.41) is 0. The van der Waals surface area contributed by atoms with Crippen molar-refractivity contribution in [1.82, 2.24) is 4.90 Å². The molecule has 4 nitrogen and oxygen atoms in total. The zero-order valence-electron chi connectivity index (χ0n) is 9.45. The molecule has 0 aromatic rings. The summed E-state index contributed by atoms with van der Waals surface area (Å²) in [5.74, 6) is 0.0229. The van der Waals surface area contributed by atoms with Crippen molar-refractivity contribution < 1.29 is 9.53 Å². The number of carbonyl (C=O) groups excluding carboxylic acids is 1. The zero-order valence-corrected chi connectivity index (χ0v) is 9.45. The molecule has 0 saturated carbocycles. The first kappa shape index (κ1) is 13.4. The number of rotatable bonds is 7. The predicted octanol–water partition coefficient (Wildman–Crippen LogP) is 0.609. The Hall–Kier alpha value is -0.610. The Labute approximate surface area is 86.4 Å². The summed E-state index contributed by atoms with van der Waals surface area (Å²) in [7, 11) is 0. The van der Waals surface area contributed by atoms with Gasteiger partial charge in [-0.25, -0.2) is 0 Å². The van der Waals surface area contributed by atoms with E-state index in [1.165, 1.54) is 0 Å². The van der Waals surface area contributed by atoms with Gasteiger partial charge in [-0.1, -0.05) is 6.92 Å². The Kier molecular flexibility index (Phi) is 7.42. The molecule has 2 N–H and O–H groups in total. The molecule has 0 saturated heterocycles. The molecule has 0 heterocycles. The SMILES string of the molecule is CCOCCN(CC)C(=O)[C@@H](N)CC. The fraction of sp³-hybridized carbons (Fsp3) is 0.900. The maximum Gasteiger partial charge on any atom is 0.239 e. The molecular weight excluding hydrogens is 180 g/mol. The molecule has 4 heteroatoms. The van der Waals surface area contributed by atoms with Gasteiger partial charge in [0.1, 0.15) is 0 Å². The van der Waals surface area contributed by atoms with Gasteiger partial charge in [0.05, 0.1) is 12.6 Å². The largest absolute Gasteiger partial charge is 0.380 e. The van der Waals surface area contributed by atoms with Gasteiger partial charge in [0.2, 0.25) is 5.91 Å². The van der Waals surface area contributed by atoms with Crippen LogP contribution in [0.25, 0.3) is 0 Å². The molecule has 0 radical (unpaired) electrons. The van der Waals surface area contributed by atoms with E-state index in [2.05, 4.69) is 0 Å². The Bertz CT molecular complexity index is 162. The third kappa shape index (κ3) is 4.58. The summed E-state index contributed by atoms with van der Waals surface area (Å²) < 4.78 is 5.19. The lowest BCUT2D eigenvalue weighted by atomic mass is 10.2. The lowest BCUT2D eigenvalue weighted by Gasteiger charge is -2.23. The Morgan fingerprint density at radius 2 is 2.07 bits per heavy atom. The molecule has 0 aromatic heterocycles. The van der Waals surface area contributed by atoms with Crippen molar-refractivity contribution >= 4 is 5.91 Å². The molecule has 14 heavy (non-hydrogen) atoms. The van der Waals surface area contributed by atoms with Gasteiger partial charge in [-0.2, -0.15) is 0 Å². The van der Waals surface area contributed by atoms with Gasteiger partial charge in [0.25, 0.3) is 0 Å². The van der Waals surface area contributed by atoms with Gasteiger partial charge in [0, 0.05) is 19.7 Å². The highest BCUT2D eigenvalue weighted by molar-refractivity contribution is 5.81. The highest BCUT2D eigenvalue weighted by Crippen LogP contribution is 1.96. The first-order valence-electron chi connectivity index (χ1n) is 5.29. The van der Waals surface area contributed by atoms with Crippen molar-refractivity contribution in [1.29, 1.82) is 0 Å². The van der Waals surface area contributed by atoms with Crippen LogP contribution in [0.3, 0.4) is 0 Å². The van der Waals surface area contributed by atoms with Crippen LogP contribution in [0.15, 0.2) is 0 Å². The first-order chi connectivity index (χ1) is 6.67. The van der Waals surface area contributed by atoms with Gasteiger partial charge in [0.15, 0.2) is 0 Å². The second kappa shape index (κ2) is 7.76. The van der Waals surface area contributed by atoms with Gasteiger partial charge < -0.3 is 15.4 Å². The fourth-order valence-corrected chi connectivity index (χ4v) is 1.15. The van der Waals surface area contributed by atoms with Crippen LogP contribution < -0.4 is 5.73 Å². The summed E-state index contributed by atoms with van der Waals surface area (Å²) in [4.78, 5) is 13.4. The van der Waals surface area contributed by atoms with Crippen molar-refractivity contribution in [2.75, 3.05) is 26.3 Å². The number of ether oxygens (including phenoxy) is 1. The molecule has 0 aliphatic carbocycles. The minimum absolute atomic E-state index is 0.0229. The van der Waals surface area contributed by atoms with Crippen LogP contribution in [0.2, 0.25) is 0 Å². The molecule has 0 aliphatic rings. The molecule has 0 aliphatic heterocycles. The van der Waals surface area contributed by atoms with Gasteiger partial charge in [-0.3, -0.25) is 4.79 Å². The molecule has 0 aromatic carbocycles. The minimum atomic E-state index is -0.364. The van der Waals surface area contributed by atoms with E-state index in [1.807, 2.05) is 20.8 Å². The summed E-state index contributed by atoms with van der Waals surface area (Å²) in [6.07, 6.45) is 0.684. The van der Waals surface area contributed by atoms with E-state index < -0.39 is 0 Å². The standard InChI is InChI=1S/C10H22N2O2/c1-4-9(11)10(13)12(5-2)7-8-14-6-3/h9H,4-8,11H2,1-3H3/t9-/m0/s1. The summed E-state index contributed by atoms with van der Waals surface area (Å²) in [6, 6.07) is -0.364. The van der Waals surface area contributed by atoms with Crippen LogP contribution >= 0.6 is 0 Å². The third-order valence-corrected chi connectivity index (χ3v) is 2.16. The lowest BCUT2D eigenvalue weighted by molar-refractivity contribution is -0.133. The van der Waals surface area contributed by atoms with E-state index in [9.17, 15) is 4.79 Å². The Balaban J connectivity index is 3.92. The number of nitrogens with two attached hydrogens (primary N) is 1. The van der Waals surface area contributed by atoms with Crippen molar-refractivity contribution in [3.05, 3.63) is 0 Å². The zero-order chi connectivity index (χ0) is 11.0. The average molecular weight is 202 g/mol. The second-order valence-corrected chi connectivity index (χ2v) is 3.13. The number of nitrogens with zero attached hydrogens (tertiary/aromatic N) is 1. The normalized spacial score (nSPS) is 12.6. The summed E-state index contributed by atoms with van der Waals surface area (Å²) >= 11 is 0. The highest BCUT2D eigenvalue weighted by atomic mass is 16.5. The lowest BCUT2D eigenvalue weighted by Crippen LogP contribution is -2.44. The minimum Gasteiger partial charge on any atom is -0.380 e. The molecule has 0 bridgehead atoms.